The van der Waals surface area contributed by atoms with E-state index in [1.807, 2.05) is 36.4 Å². The molecule has 1 aliphatic rings. The summed E-state index contributed by atoms with van der Waals surface area (Å²) in [6, 6.07) is 11.8. The van der Waals surface area contributed by atoms with Gasteiger partial charge in [-0.15, -0.1) is 0 Å². The van der Waals surface area contributed by atoms with Gasteiger partial charge in [0.25, 0.3) is 0 Å². The summed E-state index contributed by atoms with van der Waals surface area (Å²) in [5, 5.41) is 7.07. The molecule has 4 rings (SSSR count). The number of aromatic nitrogens is 2. The topological polar surface area (TPSA) is 85.4 Å². The first-order valence-electron chi connectivity index (χ1n) is 9.38. The van der Waals surface area contributed by atoms with E-state index < -0.39 is 0 Å². The molecule has 3 aromatic rings. The molecule has 29 heavy (non-hydrogen) atoms. The van der Waals surface area contributed by atoms with Gasteiger partial charge in [0.15, 0.2) is 11.5 Å². The highest BCUT2D eigenvalue weighted by Crippen LogP contribution is 2.34. The third-order valence-electron chi connectivity index (χ3n) is 4.66. The van der Waals surface area contributed by atoms with Crippen molar-refractivity contribution in [3.8, 4) is 11.5 Å². The molecule has 0 bridgehead atoms. The van der Waals surface area contributed by atoms with Crippen molar-refractivity contribution in [2.24, 2.45) is 0 Å². The molecule has 1 fully saturated rings. The summed E-state index contributed by atoms with van der Waals surface area (Å²) in [6.07, 6.45) is 7.04. The fourth-order valence-corrected chi connectivity index (χ4v) is 2.95. The molecule has 1 saturated carbocycles. The van der Waals surface area contributed by atoms with E-state index in [9.17, 15) is 4.79 Å². The Morgan fingerprint density at radius 3 is 2.48 bits per heavy atom. The SMILES string of the molecule is COc1cc2ncnc(Nc3ccc(C=CC(=O)NC4CC4)cc3)c2cc1OC. The number of carbonyl (C=O) groups is 1. The van der Waals surface area contributed by atoms with E-state index in [1.54, 1.807) is 26.4 Å². The minimum atomic E-state index is -0.0495. The lowest BCUT2D eigenvalue weighted by Gasteiger charge is -2.12. The van der Waals surface area contributed by atoms with E-state index in [4.69, 9.17) is 9.47 Å². The minimum absolute atomic E-state index is 0.0495. The summed E-state index contributed by atoms with van der Waals surface area (Å²) < 4.78 is 10.7. The molecule has 0 unspecified atom stereocenters. The molecule has 148 valence electrons. The van der Waals surface area contributed by atoms with Gasteiger partial charge in [-0.25, -0.2) is 9.97 Å². The number of rotatable bonds is 7. The Hall–Kier alpha value is -3.61. The van der Waals surface area contributed by atoms with Gasteiger partial charge in [-0.05, 0) is 42.7 Å². The molecule has 1 heterocycles. The Balaban J connectivity index is 1.52. The molecule has 0 radical (unpaired) electrons. The number of hydrogen-bond acceptors (Lipinski definition) is 6. The van der Waals surface area contributed by atoms with E-state index in [1.165, 1.54) is 6.33 Å². The molecule has 7 heteroatoms. The van der Waals surface area contributed by atoms with E-state index in [-0.39, 0.29) is 5.91 Å². The third-order valence-corrected chi connectivity index (χ3v) is 4.66. The highest BCUT2D eigenvalue weighted by atomic mass is 16.5. The van der Waals surface area contributed by atoms with Gasteiger partial charge < -0.3 is 20.1 Å². The molecular formula is C22H22N4O3. The van der Waals surface area contributed by atoms with Crippen molar-refractivity contribution in [3.05, 3.63) is 54.4 Å². The number of anilines is 2. The summed E-state index contributed by atoms with van der Waals surface area (Å²) in [5.41, 5.74) is 2.57. The van der Waals surface area contributed by atoms with E-state index >= 15 is 0 Å². The molecule has 2 N–H and O–H groups in total. The lowest BCUT2D eigenvalue weighted by molar-refractivity contribution is -0.116. The van der Waals surface area contributed by atoms with Crippen LogP contribution in [0.25, 0.3) is 17.0 Å². The quantitative estimate of drug-likeness (QED) is 0.599. The van der Waals surface area contributed by atoms with Gasteiger partial charge in [0.05, 0.1) is 19.7 Å². The second-order valence-corrected chi connectivity index (χ2v) is 6.81. The lowest BCUT2D eigenvalue weighted by atomic mass is 10.1. The van der Waals surface area contributed by atoms with Gasteiger partial charge >= 0.3 is 0 Å². The monoisotopic (exact) mass is 390 g/mol. The third kappa shape index (κ3) is 4.45. The van der Waals surface area contributed by atoms with Gasteiger partial charge in [0, 0.05) is 29.3 Å². The van der Waals surface area contributed by atoms with Gasteiger partial charge in [-0.3, -0.25) is 4.79 Å². The zero-order valence-corrected chi connectivity index (χ0v) is 16.3. The summed E-state index contributed by atoms with van der Waals surface area (Å²) in [4.78, 5) is 20.4. The zero-order chi connectivity index (χ0) is 20.2. The summed E-state index contributed by atoms with van der Waals surface area (Å²) in [6.45, 7) is 0. The van der Waals surface area contributed by atoms with Crippen molar-refractivity contribution in [2.45, 2.75) is 18.9 Å². The first-order valence-corrected chi connectivity index (χ1v) is 9.38. The standard InChI is InChI=1S/C22H22N4O3/c1-28-19-11-17-18(12-20(19)29-2)23-13-24-22(17)26-16-6-3-14(4-7-16)5-10-21(27)25-15-8-9-15/h3-7,10-13,15H,8-9H2,1-2H3,(H,25,27)(H,23,24,26). The molecule has 0 spiro atoms. The normalized spacial score (nSPS) is 13.4. The Bertz CT molecular complexity index is 1060. The van der Waals surface area contributed by atoms with E-state index in [0.29, 0.717) is 23.4 Å². The predicted molar refractivity (Wildman–Crippen MR) is 113 cm³/mol. The van der Waals surface area contributed by atoms with Crippen LogP contribution in [0.4, 0.5) is 11.5 Å². The van der Waals surface area contributed by atoms with Crippen molar-refractivity contribution < 1.29 is 14.3 Å². The average molecular weight is 390 g/mol. The second kappa shape index (κ2) is 8.18. The number of amides is 1. The van der Waals surface area contributed by atoms with Crippen molar-refractivity contribution in [3.63, 3.8) is 0 Å². The summed E-state index contributed by atoms with van der Waals surface area (Å²) in [5.74, 6) is 1.85. The highest BCUT2D eigenvalue weighted by molar-refractivity contribution is 5.93. The van der Waals surface area contributed by atoms with Crippen LogP contribution < -0.4 is 20.1 Å². The lowest BCUT2D eigenvalue weighted by Crippen LogP contribution is -2.22. The van der Waals surface area contributed by atoms with Crippen LogP contribution in [0.15, 0.2) is 48.8 Å². The molecular weight excluding hydrogens is 368 g/mol. The minimum Gasteiger partial charge on any atom is -0.493 e. The van der Waals surface area contributed by atoms with Crippen LogP contribution >= 0.6 is 0 Å². The fraction of sp³-hybridized carbons (Fsp3) is 0.227. The maximum absolute atomic E-state index is 11.8. The molecule has 0 saturated heterocycles. The smallest absolute Gasteiger partial charge is 0.244 e. The number of fused-ring (bicyclic) bond motifs is 1. The van der Waals surface area contributed by atoms with Crippen LogP contribution in [-0.4, -0.2) is 36.1 Å². The number of nitrogens with zero attached hydrogens (tertiary/aromatic N) is 2. The van der Waals surface area contributed by atoms with Gasteiger partial charge in [-0.1, -0.05) is 12.1 Å². The summed E-state index contributed by atoms with van der Waals surface area (Å²) >= 11 is 0. The van der Waals surface area contributed by atoms with Crippen LogP contribution in [0.1, 0.15) is 18.4 Å². The zero-order valence-electron chi connectivity index (χ0n) is 16.3. The number of benzene rings is 2. The highest BCUT2D eigenvalue weighted by Gasteiger charge is 2.22. The van der Waals surface area contributed by atoms with Gasteiger partial charge in [-0.2, -0.15) is 0 Å². The van der Waals surface area contributed by atoms with Crippen molar-refractivity contribution in [2.75, 3.05) is 19.5 Å². The van der Waals surface area contributed by atoms with Crippen LogP contribution in [0.2, 0.25) is 0 Å². The number of methoxy groups -OCH3 is 2. The maximum atomic E-state index is 11.8. The second-order valence-electron chi connectivity index (χ2n) is 6.81. The molecule has 7 nitrogen and oxygen atoms in total. The van der Waals surface area contributed by atoms with Gasteiger partial charge in [0.2, 0.25) is 5.91 Å². The molecule has 0 aliphatic heterocycles. The van der Waals surface area contributed by atoms with Crippen molar-refractivity contribution in [1.82, 2.24) is 15.3 Å². The molecule has 1 aromatic heterocycles. The van der Waals surface area contributed by atoms with Crippen LogP contribution in [0, 0.1) is 0 Å². The number of hydrogen-bond donors (Lipinski definition) is 2. The largest absolute Gasteiger partial charge is 0.493 e. The Kier molecular flexibility index (Phi) is 5.29. The molecule has 0 atom stereocenters. The average Bonchev–Trinajstić information content (AvgIpc) is 3.56. The van der Waals surface area contributed by atoms with Crippen LogP contribution in [0.3, 0.4) is 0 Å². The van der Waals surface area contributed by atoms with Crippen molar-refractivity contribution >= 4 is 34.4 Å². The van der Waals surface area contributed by atoms with Crippen LogP contribution in [-0.2, 0) is 4.79 Å². The summed E-state index contributed by atoms with van der Waals surface area (Å²) in [7, 11) is 3.19. The van der Waals surface area contributed by atoms with Gasteiger partial charge in [0.1, 0.15) is 12.1 Å². The Labute approximate surface area is 168 Å². The fourth-order valence-electron chi connectivity index (χ4n) is 2.95. The Morgan fingerprint density at radius 1 is 1.07 bits per heavy atom. The first-order chi connectivity index (χ1) is 14.2. The molecule has 2 aromatic carbocycles. The van der Waals surface area contributed by atoms with Crippen LogP contribution in [0.5, 0.6) is 11.5 Å². The molecule has 1 amide bonds. The number of carbonyl (C=O) groups excluding carboxylic acids is 1. The predicted octanol–water partition coefficient (Wildman–Crippen LogP) is 3.68. The van der Waals surface area contributed by atoms with E-state index in [0.717, 1.165) is 35.0 Å². The van der Waals surface area contributed by atoms with E-state index in [2.05, 4.69) is 20.6 Å². The maximum Gasteiger partial charge on any atom is 0.244 e. The number of ether oxygens (including phenoxy) is 2. The first kappa shape index (κ1) is 18.7. The number of nitrogens with one attached hydrogen (secondary N) is 2. The Morgan fingerprint density at radius 2 is 1.79 bits per heavy atom. The molecule has 1 aliphatic carbocycles. The van der Waals surface area contributed by atoms with Crippen molar-refractivity contribution in [1.29, 1.82) is 0 Å².